The molecule has 0 aromatic heterocycles. The standard InChI is InChI=1S/C17H22Cl2N2O3/c1-10-9-16(2,3)20-14(24-10)17(4,5)21(15(22)23)13-7-11(18)6-12(19)8-13/h6-8,10H,9H2,1-5H3,(H,22,23). The molecule has 1 atom stereocenters. The predicted octanol–water partition coefficient (Wildman–Crippen LogP) is 5.24. The third kappa shape index (κ3) is 3.95. The molecule has 1 aromatic rings. The minimum absolute atomic E-state index is 0.0506. The Hall–Kier alpha value is -1.46. The molecule has 0 saturated carbocycles. The maximum Gasteiger partial charge on any atom is 0.412 e. The maximum absolute atomic E-state index is 12.0. The van der Waals surface area contributed by atoms with Gasteiger partial charge in [0.15, 0.2) is 0 Å². The lowest BCUT2D eigenvalue weighted by atomic mass is 9.93. The zero-order valence-corrected chi connectivity index (χ0v) is 15.9. The van der Waals surface area contributed by atoms with Crippen LogP contribution >= 0.6 is 23.2 Å². The lowest BCUT2D eigenvalue weighted by Crippen LogP contribution is -2.56. The van der Waals surface area contributed by atoms with Gasteiger partial charge < -0.3 is 9.84 Å². The van der Waals surface area contributed by atoms with E-state index in [1.54, 1.807) is 32.0 Å². The Kier molecular flexibility index (Phi) is 5.07. The molecule has 1 aromatic carbocycles. The summed E-state index contributed by atoms with van der Waals surface area (Å²) >= 11 is 12.1. The third-order valence-electron chi connectivity index (χ3n) is 3.88. The van der Waals surface area contributed by atoms with Crippen molar-refractivity contribution in [3.05, 3.63) is 28.2 Å². The smallest absolute Gasteiger partial charge is 0.412 e. The van der Waals surface area contributed by atoms with E-state index in [-0.39, 0.29) is 11.6 Å². The molecule has 1 aliphatic heterocycles. The first-order valence-corrected chi connectivity index (χ1v) is 8.44. The van der Waals surface area contributed by atoms with E-state index in [0.717, 1.165) is 6.42 Å². The molecular weight excluding hydrogens is 351 g/mol. The Balaban J connectivity index is 2.53. The first kappa shape index (κ1) is 18.9. The highest BCUT2D eigenvalue weighted by molar-refractivity contribution is 6.35. The lowest BCUT2D eigenvalue weighted by Gasteiger charge is -2.42. The molecule has 1 heterocycles. The van der Waals surface area contributed by atoms with Crippen LogP contribution < -0.4 is 4.90 Å². The Morgan fingerprint density at radius 3 is 2.33 bits per heavy atom. The fraction of sp³-hybridized carbons (Fsp3) is 0.529. The van der Waals surface area contributed by atoms with Gasteiger partial charge in [-0.2, -0.15) is 0 Å². The van der Waals surface area contributed by atoms with Crippen LogP contribution in [-0.2, 0) is 4.74 Å². The molecule has 24 heavy (non-hydrogen) atoms. The Bertz CT molecular complexity index is 666. The molecule has 0 radical (unpaired) electrons. The van der Waals surface area contributed by atoms with Crippen molar-refractivity contribution in [2.75, 3.05) is 4.90 Å². The molecule has 1 aliphatic rings. The van der Waals surface area contributed by atoms with E-state index in [2.05, 4.69) is 4.99 Å². The van der Waals surface area contributed by atoms with Gasteiger partial charge in [-0.3, -0.25) is 4.90 Å². The number of halogens is 2. The maximum atomic E-state index is 12.0. The summed E-state index contributed by atoms with van der Waals surface area (Å²) in [6.45, 7) is 9.46. The number of benzene rings is 1. The van der Waals surface area contributed by atoms with E-state index in [9.17, 15) is 9.90 Å². The number of rotatable bonds is 3. The van der Waals surface area contributed by atoms with Gasteiger partial charge in [-0.15, -0.1) is 0 Å². The molecule has 2 rings (SSSR count). The Morgan fingerprint density at radius 1 is 1.33 bits per heavy atom. The highest BCUT2D eigenvalue weighted by Gasteiger charge is 2.43. The summed E-state index contributed by atoms with van der Waals surface area (Å²) in [5.41, 5.74) is -0.973. The number of carbonyl (C=O) groups is 1. The highest BCUT2D eigenvalue weighted by Crippen LogP contribution is 2.34. The number of hydrogen-bond acceptors (Lipinski definition) is 3. The van der Waals surface area contributed by atoms with Crippen molar-refractivity contribution in [2.24, 2.45) is 4.99 Å². The van der Waals surface area contributed by atoms with Crippen LogP contribution in [0, 0.1) is 0 Å². The number of ether oxygens (including phenoxy) is 1. The monoisotopic (exact) mass is 372 g/mol. The van der Waals surface area contributed by atoms with Gasteiger partial charge in [0.05, 0.1) is 17.3 Å². The van der Waals surface area contributed by atoms with Gasteiger partial charge in [-0.1, -0.05) is 23.2 Å². The van der Waals surface area contributed by atoms with Crippen molar-refractivity contribution in [2.45, 2.75) is 58.2 Å². The quantitative estimate of drug-likeness (QED) is 0.788. The van der Waals surface area contributed by atoms with E-state index in [1.165, 1.54) is 4.90 Å². The molecule has 1 unspecified atom stereocenters. The summed E-state index contributed by atoms with van der Waals surface area (Å²) in [7, 11) is 0. The van der Waals surface area contributed by atoms with Crippen LogP contribution in [0.4, 0.5) is 10.5 Å². The second-order valence-corrected chi connectivity index (χ2v) is 8.04. The molecule has 0 fully saturated rings. The number of nitrogens with zero attached hydrogens (tertiary/aromatic N) is 2. The molecule has 0 bridgehead atoms. The van der Waals surface area contributed by atoms with E-state index in [0.29, 0.717) is 21.6 Å². The second kappa shape index (κ2) is 6.45. The van der Waals surface area contributed by atoms with Gasteiger partial charge in [-0.25, -0.2) is 9.79 Å². The van der Waals surface area contributed by atoms with Crippen LogP contribution in [0.1, 0.15) is 41.0 Å². The summed E-state index contributed by atoms with van der Waals surface area (Å²) in [4.78, 5) is 17.8. The van der Waals surface area contributed by atoms with Crippen molar-refractivity contribution in [1.29, 1.82) is 0 Å². The van der Waals surface area contributed by atoms with Crippen molar-refractivity contribution in [1.82, 2.24) is 0 Å². The molecule has 0 saturated heterocycles. The number of carboxylic acid groups (broad SMARTS) is 1. The molecule has 132 valence electrons. The number of anilines is 1. The number of hydrogen-bond donors (Lipinski definition) is 1. The first-order valence-electron chi connectivity index (χ1n) is 7.68. The van der Waals surface area contributed by atoms with Crippen molar-refractivity contribution < 1.29 is 14.6 Å². The molecule has 1 amide bonds. The number of aliphatic imine (C=N–C) groups is 1. The molecule has 1 N–H and O–H groups in total. The van der Waals surface area contributed by atoms with Gasteiger partial charge in [0.25, 0.3) is 0 Å². The van der Waals surface area contributed by atoms with Gasteiger partial charge in [0.1, 0.15) is 5.54 Å². The van der Waals surface area contributed by atoms with Gasteiger partial charge in [0.2, 0.25) is 5.90 Å². The van der Waals surface area contributed by atoms with E-state index < -0.39 is 11.6 Å². The average molecular weight is 373 g/mol. The summed E-state index contributed by atoms with van der Waals surface area (Å²) in [5.74, 6) is 0.379. The van der Waals surface area contributed by atoms with E-state index in [1.807, 2.05) is 20.8 Å². The zero-order chi connectivity index (χ0) is 18.3. The fourth-order valence-corrected chi connectivity index (χ4v) is 3.51. The van der Waals surface area contributed by atoms with Crippen LogP contribution in [0.25, 0.3) is 0 Å². The fourth-order valence-electron chi connectivity index (χ4n) is 3.00. The van der Waals surface area contributed by atoms with Crippen molar-refractivity contribution >= 4 is 40.9 Å². The van der Waals surface area contributed by atoms with E-state index >= 15 is 0 Å². The van der Waals surface area contributed by atoms with Crippen LogP contribution in [0.3, 0.4) is 0 Å². The molecule has 5 nitrogen and oxygen atoms in total. The summed E-state index contributed by atoms with van der Waals surface area (Å²) in [6, 6.07) is 4.67. The van der Waals surface area contributed by atoms with Crippen molar-refractivity contribution in [3.63, 3.8) is 0 Å². The molecule has 7 heteroatoms. The van der Waals surface area contributed by atoms with Gasteiger partial charge >= 0.3 is 6.09 Å². The minimum atomic E-state index is -1.14. The predicted molar refractivity (Wildman–Crippen MR) is 97.7 cm³/mol. The summed E-state index contributed by atoms with van der Waals surface area (Å²) in [5, 5.41) is 10.5. The SMILES string of the molecule is CC1CC(C)(C)N=C(C(C)(C)N(C(=O)O)c2cc(Cl)cc(Cl)c2)O1. The van der Waals surface area contributed by atoms with Crippen LogP contribution in [-0.4, -0.2) is 34.3 Å². The third-order valence-corrected chi connectivity index (χ3v) is 4.32. The minimum Gasteiger partial charge on any atom is -0.476 e. The summed E-state index contributed by atoms with van der Waals surface area (Å²) in [6.07, 6.45) is -0.422. The molecule has 0 spiro atoms. The number of amides is 1. The Labute approximate surface area is 152 Å². The van der Waals surface area contributed by atoms with Gasteiger partial charge in [-0.05, 0) is 52.8 Å². The second-order valence-electron chi connectivity index (χ2n) is 7.17. The largest absolute Gasteiger partial charge is 0.476 e. The van der Waals surface area contributed by atoms with Crippen LogP contribution in [0.2, 0.25) is 10.0 Å². The topological polar surface area (TPSA) is 62.1 Å². The van der Waals surface area contributed by atoms with Crippen LogP contribution in [0.5, 0.6) is 0 Å². The average Bonchev–Trinajstić information content (AvgIpc) is 2.33. The van der Waals surface area contributed by atoms with Crippen LogP contribution in [0.15, 0.2) is 23.2 Å². The van der Waals surface area contributed by atoms with E-state index in [4.69, 9.17) is 27.9 Å². The molecule has 0 aliphatic carbocycles. The zero-order valence-electron chi connectivity index (χ0n) is 14.4. The van der Waals surface area contributed by atoms with Gasteiger partial charge in [0, 0.05) is 16.5 Å². The molecular formula is C17H22Cl2N2O3. The lowest BCUT2D eigenvalue weighted by molar-refractivity contribution is 0.127. The Morgan fingerprint density at radius 2 is 1.88 bits per heavy atom. The normalized spacial score (nSPS) is 20.1. The van der Waals surface area contributed by atoms with Crippen molar-refractivity contribution in [3.8, 4) is 0 Å². The first-order chi connectivity index (χ1) is 10.9. The summed E-state index contributed by atoms with van der Waals surface area (Å²) < 4.78 is 5.88. The highest BCUT2D eigenvalue weighted by atomic mass is 35.5.